The van der Waals surface area contributed by atoms with E-state index >= 15 is 0 Å². The van der Waals surface area contributed by atoms with Crippen molar-refractivity contribution in [3.8, 4) is 78.0 Å². The first-order valence-corrected chi connectivity index (χ1v) is 26.3. The van der Waals surface area contributed by atoms with Gasteiger partial charge < -0.3 is 0 Å². The second-order valence-electron chi connectivity index (χ2n) is 19.4. The highest BCUT2D eigenvalue weighted by atomic mass is 28.3. The molecule has 0 amide bonds. The van der Waals surface area contributed by atoms with E-state index in [1.807, 2.05) is 0 Å². The lowest BCUT2D eigenvalue weighted by molar-refractivity contribution is 0.660. The van der Waals surface area contributed by atoms with Gasteiger partial charge in [-0.15, -0.1) is 0 Å². The summed E-state index contributed by atoms with van der Waals surface area (Å²) in [6.07, 6.45) is 0. The highest BCUT2D eigenvalue weighted by molar-refractivity contribution is 7.03. The molecule has 312 valence electrons. The molecule has 0 bridgehead atoms. The third-order valence-corrected chi connectivity index (χ3v) is 18.6. The van der Waals surface area contributed by atoms with E-state index in [9.17, 15) is 0 Å². The number of pyridine rings is 1. The van der Waals surface area contributed by atoms with Crippen LogP contribution in [0.15, 0.2) is 212 Å². The number of benzene rings is 10. The largest absolute Gasteiger partial charge is 0.247 e. The number of hydrogen-bond acceptors (Lipinski definition) is 1. The van der Waals surface area contributed by atoms with E-state index in [2.05, 4.69) is 239 Å². The third kappa shape index (κ3) is 5.68. The monoisotopic (exact) mass is 857 g/mol. The van der Waals surface area contributed by atoms with E-state index in [0.717, 1.165) is 27.7 Å². The van der Waals surface area contributed by atoms with Gasteiger partial charge in [-0.05, 0) is 116 Å². The number of hydrogen-bond donors (Lipinski definition) is 0. The molecule has 0 saturated heterocycles. The zero-order valence-electron chi connectivity index (χ0n) is 37.7. The van der Waals surface area contributed by atoms with Gasteiger partial charge in [-0.25, -0.2) is 4.98 Å². The molecule has 2 heterocycles. The molecule has 0 N–H and O–H groups in total. The van der Waals surface area contributed by atoms with Crippen LogP contribution in [0.5, 0.6) is 0 Å². The topological polar surface area (TPSA) is 12.9 Å². The Labute approximate surface area is 387 Å². The van der Waals surface area contributed by atoms with Crippen molar-refractivity contribution in [2.45, 2.75) is 32.4 Å². The quantitative estimate of drug-likeness (QED) is 0.124. The number of nitrogens with zero attached hydrogens (tertiary/aromatic N) is 1. The van der Waals surface area contributed by atoms with Crippen LogP contribution in [0.3, 0.4) is 0 Å². The molecule has 1 aliphatic heterocycles. The second-order valence-corrected chi connectivity index (χ2v) is 23.7. The molecule has 2 heteroatoms. The molecule has 0 radical (unpaired) electrons. The van der Waals surface area contributed by atoms with Gasteiger partial charge in [0.05, 0.1) is 11.2 Å². The molecule has 2 aliphatic rings. The van der Waals surface area contributed by atoms with Crippen LogP contribution in [0, 0.1) is 0 Å². The summed E-state index contributed by atoms with van der Waals surface area (Å²) in [7, 11) is -1.92. The molecule has 1 aromatic heterocycles. The van der Waals surface area contributed by atoms with E-state index in [1.165, 1.54) is 104 Å². The van der Waals surface area contributed by atoms with Crippen LogP contribution in [0.4, 0.5) is 0 Å². The molecule has 66 heavy (non-hydrogen) atoms. The van der Waals surface area contributed by atoms with Crippen molar-refractivity contribution >= 4 is 50.9 Å². The highest BCUT2D eigenvalue weighted by Crippen LogP contribution is 2.51. The summed E-state index contributed by atoms with van der Waals surface area (Å²) in [5.74, 6) is 0. The lowest BCUT2D eigenvalue weighted by Gasteiger charge is -2.22. The van der Waals surface area contributed by atoms with Gasteiger partial charge in [0, 0.05) is 21.9 Å². The van der Waals surface area contributed by atoms with E-state index in [0.29, 0.717) is 0 Å². The molecule has 0 unspecified atom stereocenters. The lowest BCUT2D eigenvalue weighted by atomic mass is 9.81. The van der Waals surface area contributed by atoms with Gasteiger partial charge in [-0.2, -0.15) is 0 Å². The molecule has 10 aromatic carbocycles. The lowest BCUT2D eigenvalue weighted by Crippen LogP contribution is -2.49. The average Bonchev–Trinajstić information content (AvgIpc) is 3.74. The fraction of sp³-hybridized carbons (Fsp3) is 0.0781. The van der Waals surface area contributed by atoms with E-state index in [-0.39, 0.29) is 5.41 Å². The second kappa shape index (κ2) is 14.4. The molecular weight excluding hydrogens is 811 g/mol. The smallest absolute Gasteiger partial charge is 0.113 e. The van der Waals surface area contributed by atoms with Crippen molar-refractivity contribution in [2.75, 3.05) is 0 Å². The maximum atomic E-state index is 5.68. The van der Waals surface area contributed by atoms with Gasteiger partial charge in [0.15, 0.2) is 0 Å². The Bertz CT molecular complexity index is 3740. The summed E-state index contributed by atoms with van der Waals surface area (Å²) in [6.45, 7) is 9.74. The van der Waals surface area contributed by atoms with E-state index < -0.39 is 8.07 Å². The van der Waals surface area contributed by atoms with Gasteiger partial charge in [0.25, 0.3) is 0 Å². The molecule has 0 saturated carbocycles. The first-order valence-electron chi connectivity index (χ1n) is 23.3. The van der Waals surface area contributed by atoms with Crippen LogP contribution in [0.1, 0.15) is 25.0 Å². The molecule has 1 aliphatic carbocycles. The van der Waals surface area contributed by atoms with E-state index in [1.54, 1.807) is 0 Å². The Morgan fingerprint density at radius 3 is 1.55 bits per heavy atom. The van der Waals surface area contributed by atoms with Crippen molar-refractivity contribution in [2.24, 2.45) is 0 Å². The summed E-state index contributed by atoms with van der Waals surface area (Å²) < 4.78 is 0. The summed E-state index contributed by atoms with van der Waals surface area (Å²) in [6, 6.07) is 79.2. The Hall–Kier alpha value is -7.65. The Balaban J connectivity index is 0.997. The summed E-state index contributed by atoms with van der Waals surface area (Å²) in [4.78, 5) is 5.68. The minimum Gasteiger partial charge on any atom is -0.247 e. The zero-order valence-corrected chi connectivity index (χ0v) is 38.7. The Morgan fingerprint density at radius 2 is 0.833 bits per heavy atom. The van der Waals surface area contributed by atoms with Gasteiger partial charge in [-0.3, -0.25) is 0 Å². The number of para-hydroxylation sites is 1. The summed E-state index contributed by atoms with van der Waals surface area (Å²) >= 11 is 0. The maximum Gasteiger partial charge on any atom is 0.113 e. The van der Waals surface area contributed by atoms with Crippen molar-refractivity contribution in [1.29, 1.82) is 0 Å². The standard InChI is InChI=1S/C64H47NSi/c1-64(2)56-27-14-12-19-46(56)47-35-33-43(37-57(47)64)55-39-58(44-34-36-49-48-20-13-15-28-59(48)66(3,4)60(49)38-44)65-63-45(25-16-26-54(55)63)40-29-31-42(32-30-40)62-52-23-10-8-21-50(52)61(41-17-6-5-7-18-41)51-22-9-11-24-53(51)62/h5-39H,1-4H3. The van der Waals surface area contributed by atoms with Crippen molar-refractivity contribution in [3.05, 3.63) is 223 Å². The Morgan fingerprint density at radius 1 is 0.333 bits per heavy atom. The van der Waals surface area contributed by atoms with Crippen LogP contribution in [-0.2, 0) is 5.41 Å². The summed E-state index contributed by atoms with van der Waals surface area (Å²) in [5, 5.41) is 9.21. The van der Waals surface area contributed by atoms with Crippen molar-refractivity contribution in [3.63, 3.8) is 0 Å². The normalized spacial score (nSPS) is 14.0. The number of fused-ring (bicyclic) bond motifs is 9. The predicted octanol–water partition coefficient (Wildman–Crippen LogP) is 16.0. The average molecular weight is 858 g/mol. The van der Waals surface area contributed by atoms with Gasteiger partial charge in [-0.1, -0.05) is 227 Å². The first kappa shape index (κ1) is 38.8. The number of aromatic nitrogens is 1. The molecule has 0 fully saturated rings. The van der Waals surface area contributed by atoms with Crippen LogP contribution >= 0.6 is 0 Å². The molecule has 0 spiro atoms. The Kier molecular flexibility index (Phi) is 8.47. The highest BCUT2D eigenvalue weighted by Gasteiger charge is 2.38. The minimum atomic E-state index is -1.92. The molecule has 0 atom stereocenters. The van der Waals surface area contributed by atoms with Gasteiger partial charge in [0.2, 0.25) is 0 Å². The van der Waals surface area contributed by atoms with Gasteiger partial charge in [0.1, 0.15) is 8.07 Å². The van der Waals surface area contributed by atoms with Crippen LogP contribution < -0.4 is 10.4 Å². The maximum absolute atomic E-state index is 5.68. The van der Waals surface area contributed by atoms with Gasteiger partial charge >= 0.3 is 0 Å². The van der Waals surface area contributed by atoms with Crippen molar-refractivity contribution < 1.29 is 0 Å². The number of rotatable bonds is 5. The molecule has 1 nitrogen and oxygen atoms in total. The predicted molar refractivity (Wildman–Crippen MR) is 284 cm³/mol. The third-order valence-electron chi connectivity index (χ3n) is 15.1. The molecule has 13 rings (SSSR count). The van der Waals surface area contributed by atoms with Crippen LogP contribution in [0.2, 0.25) is 13.1 Å². The summed E-state index contributed by atoms with van der Waals surface area (Å²) in [5.41, 5.74) is 21.0. The van der Waals surface area contributed by atoms with Crippen LogP contribution in [0.25, 0.3) is 110 Å². The molecular formula is C64H47NSi. The van der Waals surface area contributed by atoms with E-state index in [4.69, 9.17) is 4.98 Å². The first-order chi connectivity index (χ1) is 32.3. The minimum absolute atomic E-state index is 0.107. The molecule has 11 aromatic rings. The van der Waals surface area contributed by atoms with Crippen LogP contribution in [-0.4, -0.2) is 13.1 Å². The fourth-order valence-electron chi connectivity index (χ4n) is 11.8. The van der Waals surface area contributed by atoms with Crippen molar-refractivity contribution in [1.82, 2.24) is 4.98 Å². The zero-order chi connectivity index (χ0) is 44.3. The SMILES string of the molecule is CC1(C)c2ccccc2-c2ccc(-c3cc(-c4ccc5c(c4)[Si](C)(C)c4ccccc4-5)nc4c(-c5ccc(-c6c7ccccc7c(-c7ccccc7)c7ccccc67)cc5)cccc34)cc21. The fourth-order valence-corrected chi connectivity index (χ4v) is 14.9.